The van der Waals surface area contributed by atoms with E-state index >= 15 is 0 Å². The van der Waals surface area contributed by atoms with Crippen molar-refractivity contribution in [3.05, 3.63) is 90.3 Å². The highest BCUT2D eigenvalue weighted by Crippen LogP contribution is 2.36. The summed E-state index contributed by atoms with van der Waals surface area (Å²) >= 11 is 0. The second kappa shape index (κ2) is 15.6. The summed E-state index contributed by atoms with van der Waals surface area (Å²) in [6, 6.07) is 21.1. The second-order valence-corrected chi connectivity index (χ2v) is 14.2. The first-order valence-electron chi connectivity index (χ1n) is 18.9. The van der Waals surface area contributed by atoms with Gasteiger partial charge in [0.1, 0.15) is 35.4 Å². The number of likely N-dealkylation sites (tertiary alicyclic amines) is 1. The van der Waals surface area contributed by atoms with Gasteiger partial charge in [0, 0.05) is 43.7 Å². The molecule has 5 heterocycles. The number of nitrogens with one attached hydrogen (secondary N) is 2. The molecule has 0 saturated carbocycles. The molecule has 1 unspecified atom stereocenters. The summed E-state index contributed by atoms with van der Waals surface area (Å²) < 4.78 is 7.87. The van der Waals surface area contributed by atoms with E-state index in [-0.39, 0.29) is 35.9 Å². The van der Waals surface area contributed by atoms with Crippen LogP contribution >= 0.6 is 0 Å². The Morgan fingerprint density at radius 2 is 1.70 bits per heavy atom. The Morgan fingerprint density at radius 1 is 0.893 bits per heavy atom. The van der Waals surface area contributed by atoms with Gasteiger partial charge in [0.25, 0.3) is 11.8 Å². The van der Waals surface area contributed by atoms with Gasteiger partial charge in [-0.05, 0) is 80.6 Å². The number of nitrogens with two attached hydrogens (primary N) is 1. The van der Waals surface area contributed by atoms with Crippen molar-refractivity contribution in [2.24, 2.45) is 0 Å². The largest absolute Gasteiger partial charge is 0.457 e. The molecule has 0 radical (unpaired) electrons. The fraction of sp³-hybridized carbons (Fsp3) is 0.317. The van der Waals surface area contributed by atoms with Crippen LogP contribution in [-0.4, -0.2) is 84.8 Å². The van der Waals surface area contributed by atoms with Gasteiger partial charge in [0.15, 0.2) is 5.65 Å². The molecule has 15 nitrogen and oxygen atoms in total. The number of anilines is 2. The van der Waals surface area contributed by atoms with E-state index < -0.39 is 29.7 Å². The zero-order valence-corrected chi connectivity index (χ0v) is 30.6. The third-order valence-electron chi connectivity index (χ3n) is 10.6. The summed E-state index contributed by atoms with van der Waals surface area (Å²) in [4.78, 5) is 75.7. The molecular formula is C41H41N9O6. The summed E-state index contributed by atoms with van der Waals surface area (Å²) in [6.07, 6.45) is 5.87. The molecule has 2 saturated heterocycles. The molecule has 3 aliphatic rings. The van der Waals surface area contributed by atoms with Crippen molar-refractivity contribution in [2.75, 3.05) is 30.7 Å². The minimum absolute atomic E-state index is 0.0612. The zero-order valence-electron chi connectivity index (χ0n) is 30.6. The summed E-state index contributed by atoms with van der Waals surface area (Å²) in [5.74, 6) is -0.291. The second-order valence-electron chi connectivity index (χ2n) is 14.2. The van der Waals surface area contributed by atoms with Crippen molar-refractivity contribution in [3.8, 4) is 22.8 Å². The highest BCUT2D eigenvalue weighted by Gasteiger charge is 2.45. The number of carbonyl (C=O) groups is 5. The number of hydrogen-bond acceptors (Lipinski definition) is 11. The molecule has 5 aromatic rings. The van der Waals surface area contributed by atoms with Crippen molar-refractivity contribution in [2.45, 2.75) is 63.5 Å². The number of benzene rings is 3. The molecule has 2 atom stereocenters. The van der Waals surface area contributed by atoms with E-state index in [1.165, 1.54) is 6.33 Å². The topological polar surface area (TPSA) is 195 Å². The summed E-state index contributed by atoms with van der Waals surface area (Å²) in [5.41, 5.74) is 9.52. The number of imide groups is 2. The number of piperidine rings is 2. The highest BCUT2D eigenvalue weighted by molar-refractivity contribution is 6.25. The lowest BCUT2D eigenvalue weighted by atomic mass is 10.0. The van der Waals surface area contributed by atoms with Crippen molar-refractivity contribution < 1.29 is 28.7 Å². The predicted molar refractivity (Wildman–Crippen MR) is 207 cm³/mol. The van der Waals surface area contributed by atoms with Crippen LogP contribution in [0, 0.1) is 0 Å². The van der Waals surface area contributed by atoms with Gasteiger partial charge in [0.05, 0.1) is 22.6 Å². The molecule has 4 N–H and O–H groups in total. The van der Waals surface area contributed by atoms with Crippen molar-refractivity contribution in [1.82, 2.24) is 34.9 Å². The Labute approximate surface area is 322 Å². The van der Waals surface area contributed by atoms with E-state index in [0.29, 0.717) is 66.5 Å². The maximum absolute atomic E-state index is 13.4. The smallest absolute Gasteiger partial charge is 0.264 e. The molecule has 3 aliphatic heterocycles. The molecule has 0 aliphatic carbocycles. The Bertz CT molecular complexity index is 2330. The van der Waals surface area contributed by atoms with Crippen molar-refractivity contribution in [1.29, 1.82) is 0 Å². The Hall–Kier alpha value is -6.64. The number of hydrogen-bond donors (Lipinski definition) is 3. The van der Waals surface area contributed by atoms with E-state index in [9.17, 15) is 24.0 Å². The molecule has 0 spiro atoms. The number of unbranched alkanes of at least 4 members (excludes halogenated alkanes) is 2. The van der Waals surface area contributed by atoms with Crippen LogP contribution in [0.3, 0.4) is 0 Å². The number of ether oxygens (including phenoxy) is 1. The quantitative estimate of drug-likeness (QED) is 0.113. The lowest BCUT2D eigenvalue weighted by Gasteiger charge is -2.33. The van der Waals surface area contributed by atoms with Gasteiger partial charge >= 0.3 is 0 Å². The number of nitrogen functional groups attached to an aromatic ring is 1. The number of amides is 5. The van der Waals surface area contributed by atoms with Gasteiger partial charge in [-0.3, -0.25) is 34.2 Å². The van der Waals surface area contributed by atoms with Gasteiger partial charge in [0.2, 0.25) is 17.7 Å². The van der Waals surface area contributed by atoms with E-state index in [2.05, 4.69) is 20.6 Å². The molecule has 2 fully saturated rings. The van der Waals surface area contributed by atoms with Crippen LogP contribution in [0.1, 0.15) is 78.1 Å². The molecule has 15 heteroatoms. The third kappa shape index (κ3) is 7.14. The number of para-hydroxylation sites is 1. The molecular weight excluding hydrogens is 715 g/mol. The molecule has 0 bridgehead atoms. The average Bonchev–Trinajstić information content (AvgIpc) is 3.73. The van der Waals surface area contributed by atoms with Crippen molar-refractivity contribution >= 4 is 52.1 Å². The zero-order chi connectivity index (χ0) is 38.8. The van der Waals surface area contributed by atoms with Gasteiger partial charge in [-0.1, -0.05) is 30.7 Å². The van der Waals surface area contributed by atoms with Crippen LogP contribution in [0.5, 0.6) is 11.5 Å². The van der Waals surface area contributed by atoms with Gasteiger partial charge in [-0.2, -0.15) is 5.10 Å². The van der Waals surface area contributed by atoms with Crippen LogP contribution in [0.4, 0.5) is 11.5 Å². The monoisotopic (exact) mass is 755 g/mol. The minimum atomic E-state index is -1.02. The minimum Gasteiger partial charge on any atom is -0.457 e. The number of fused-ring (bicyclic) bond motifs is 2. The first-order valence-corrected chi connectivity index (χ1v) is 18.9. The van der Waals surface area contributed by atoms with Crippen LogP contribution in [-0.2, 0) is 14.4 Å². The van der Waals surface area contributed by atoms with Gasteiger partial charge in [-0.25, -0.2) is 14.6 Å². The molecule has 56 heavy (non-hydrogen) atoms. The fourth-order valence-corrected chi connectivity index (χ4v) is 7.76. The average molecular weight is 756 g/mol. The summed E-state index contributed by atoms with van der Waals surface area (Å²) in [6.45, 7) is 1.70. The first-order chi connectivity index (χ1) is 27.3. The molecule has 8 rings (SSSR count). The lowest BCUT2D eigenvalue weighted by molar-refractivity contribution is -0.136. The normalized spacial score (nSPS) is 18.3. The Balaban J connectivity index is 0.855. The maximum Gasteiger partial charge on any atom is 0.264 e. The van der Waals surface area contributed by atoms with Crippen LogP contribution in [0.15, 0.2) is 79.1 Å². The maximum atomic E-state index is 13.4. The predicted octanol–water partition coefficient (Wildman–Crippen LogP) is 5.11. The molecule has 286 valence electrons. The van der Waals surface area contributed by atoms with Gasteiger partial charge in [-0.15, -0.1) is 0 Å². The number of rotatable bonds is 12. The summed E-state index contributed by atoms with van der Waals surface area (Å²) in [7, 11) is 0. The number of nitrogens with zero attached hydrogens (tertiary/aromatic N) is 6. The standard InChI is InChI=1S/C41H41N9O6/c42-37-35-36(25-15-17-28(18-16-25)56-27-10-3-1-4-11-27)47-50(38(35)45-24-44-37)26-9-8-22-48(23-26)33(52)14-5-2-6-21-43-30-13-7-12-29-34(30)41(55)49(40(29)54)31-19-20-32(51)46-39(31)53/h1,3-4,7,10-13,15-18,24,26,31,43H,2,5-6,8-9,14,19-23H2,(H2,42,44,45)(H,46,51,53)/t26-,31?/m1/s1. The Morgan fingerprint density at radius 3 is 2.50 bits per heavy atom. The third-order valence-corrected chi connectivity index (χ3v) is 10.6. The highest BCUT2D eigenvalue weighted by atomic mass is 16.5. The number of carbonyl (C=O) groups excluding carboxylic acids is 5. The molecule has 2 aromatic heterocycles. The molecule has 3 aromatic carbocycles. The van der Waals surface area contributed by atoms with Crippen LogP contribution in [0.25, 0.3) is 22.3 Å². The fourth-order valence-electron chi connectivity index (χ4n) is 7.76. The van der Waals surface area contributed by atoms with Crippen molar-refractivity contribution in [3.63, 3.8) is 0 Å². The van der Waals surface area contributed by atoms with E-state index in [1.807, 2.05) is 64.2 Å². The number of aromatic nitrogens is 4. The van der Waals surface area contributed by atoms with E-state index in [0.717, 1.165) is 41.9 Å². The Kier molecular flexibility index (Phi) is 10.1. The SMILES string of the molecule is Nc1ncnc2c1c(-c1ccc(Oc3ccccc3)cc1)nn2[C@@H]1CCCN(C(=O)CCCCCNc2cccc3c2C(=O)N(C2CCC(=O)NC2=O)C3=O)C1. The lowest BCUT2D eigenvalue weighted by Crippen LogP contribution is -2.54. The van der Waals surface area contributed by atoms with Crippen LogP contribution in [0.2, 0.25) is 0 Å². The first kappa shape index (κ1) is 36.3. The van der Waals surface area contributed by atoms with Crippen LogP contribution < -0.4 is 21.1 Å². The molecule has 5 amide bonds. The summed E-state index contributed by atoms with van der Waals surface area (Å²) in [5, 5.41) is 11.2. The van der Waals surface area contributed by atoms with E-state index in [4.69, 9.17) is 15.6 Å². The van der Waals surface area contributed by atoms with Gasteiger partial charge < -0.3 is 20.7 Å². The van der Waals surface area contributed by atoms with E-state index in [1.54, 1.807) is 18.2 Å².